The minimum atomic E-state index is -0.955. The van der Waals surface area contributed by atoms with Crippen molar-refractivity contribution < 1.29 is 18.3 Å². The molecule has 0 saturated carbocycles. The number of carbonyl (C=O) groups excluding carboxylic acids is 1. The normalized spacial score (nSPS) is 17.3. The third-order valence-corrected chi connectivity index (χ3v) is 5.38. The number of aromatic nitrogens is 2. The SMILES string of the molecule is CC(=O)N1CCC2(CC1)Cn1c(cc(OCc3ccc(F)c(F)c3)nc1=O)N2. The van der Waals surface area contributed by atoms with Crippen molar-refractivity contribution in [3.05, 3.63) is 51.9 Å². The highest BCUT2D eigenvalue weighted by Gasteiger charge is 2.41. The first-order chi connectivity index (χ1) is 13.3. The van der Waals surface area contributed by atoms with Crippen LogP contribution in [0.25, 0.3) is 0 Å². The van der Waals surface area contributed by atoms with Crippen molar-refractivity contribution in [1.29, 1.82) is 0 Å². The van der Waals surface area contributed by atoms with Crippen LogP contribution in [0.3, 0.4) is 0 Å². The number of anilines is 1. The summed E-state index contributed by atoms with van der Waals surface area (Å²) in [6.45, 7) is 3.28. The van der Waals surface area contributed by atoms with E-state index in [-0.39, 0.29) is 23.9 Å². The van der Waals surface area contributed by atoms with Crippen LogP contribution in [0.4, 0.5) is 14.6 Å². The summed E-state index contributed by atoms with van der Waals surface area (Å²) in [5.41, 5.74) is -0.281. The number of nitrogens with zero attached hydrogens (tertiary/aromatic N) is 3. The van der Waals surface area contributed by atoms with Gasteiger partial charge in [-0.3, -0.25) is 9.36 Å². The van der Waals surface area contributed by atoms with E-state index in [2.05, 4.69) is 10.3 Å². The zero-order chi connectivity index (χ0) is 19.9. The highest BCUT2D eigenvalue weighted by Crippen LogP contribution is 2.34. The van der Waals surface area contributed by atoms with E-state index < -0.39 is 17.3 Å². The molecule has 7 nitrogen and oxygen atoms in total. The first-order valence-corrected chi connectivity index (χ1v) is 9.08. The van der Waals surface area contributed by atoms with E-state index in [1.165, 1.54) is 6.07 Å². The monoisotopic (exact) mass is 390 g/mol. The average Bonchev–Trinajstić information content (AvgIpc) is 3.01. The maximum absolute atomic E-state index is 13.3. The van der Waals surface area contributed by atoms with E-state index in [0.717, 1.165) is 25.0 Å². The molecular formula is C19H20F2N4O3. The van der Waals surface area contributed by atoms with Gasteiger partial charge in [0.2, 0.25) is 11.8 Å². The Morgan fingerprint density at radius 1 is 1.25 bits per heavy atom. The number of halogens is 2. The minimum Gasteiger partial charge on any atom is -0.473 e. The third-order valence-electron chi connectivity index (χ3n) is 5.38. The first kappa shape index (κ1) is 18.4. The van der Waals surface area contributed by atoms with E-state index >= 15 is 0 Å². The van der Waals surface area contributed by atoms with Gasteiger partial charge in [-0.15, -0.1) is 0 Å². The second-order valence-corrected chi connectivity index (χ2v) is 7.30. The third kappa shape index (κ3) is 3.44. The Balaban J connectivity index is 1.47. The van der Waals surface area contributed by atoms with Gasteiger partial charge in [-0.2, -0.15) is 4.98 Å². The lowest BCUT2D eigenvalue weighted by molar-refractivity contribution is -0.130. The van der Waals surface area contributed by atoms with Crippen molar-refractivity contribution >= 4 is 11.7 Å². The maximum atomic E-state index is 13.3. The molecule has 9 heteroatoms. The second-order valence-electron chi connectivity index (χ2n) is 7.30. The average molecular weight is 390 g/mol. The summed E-state index contributed by atoms with van der Waals surface area (Å²) >= 11 is 0. The number of amides is 1. The highest BCUT2D eigenvalue weighted by atomic mass is 19.2. The first-order valence-electron chi connectivity index (χ1n) is 9.08. The van der Waals surface area contributed by atoms with Crippen molar-refractivity contribution in [2.24, 2.45) is 0 Å². The summed E-state index contributed by atoms with van der Waals surface area (Å²) in [5.74, 6) is -1.10. The topological polar surface area (TPSA) is 76.5 Å². The standard InChI is InChI=1S/C19H20F2N4O3/c1-12(26)24-6-4-19(5-7-24)11-25-16(23-19)9-17(22-18(25)27)28-10-13-2-3-14(20)15(21)8-13/h2-3,8-9,23H,4-7,10-11H2,1H3. The molecule has 4 rings (SSSR count). The van der Waals surface area contributed by atoms with E-state index in [4.69, 9.17) is 4.74 Å². The molecule has 0 atom stereocenters. The zero-order valence-corrected chi connectivity index (χ0v) is 15.4. The van der Waals surface area contributed by atoms with E-state index in [0.29, 0.717) is 31.0 Å². The van der Waals surface area contributed by atoms with Crippen molar-refractivity contribution in [3.8, 4) is 5.88 Å². The van der Waals surface area contributed by atoms with Gasteiger partial charge >= 0.3 is 5.69 Å². The maximum Gasteiger partial charge on any atom is 0.352 e. The summed E-state index contributed by atoms with van der Waals surface area (Å²) in [5, 5.41) is 3.40. The van der Waals surface area contributed by atoms with Crippen LogP contribution in [-0.2, 0) is 17.9 Å². The number of nitrogens with one attached hydrogen (secondary N) is 1. The molecule has 28 heavy (non-hydrogen) atoms. The van der Waals surface area contributed by atoms with Crippen molar-refractivity contribution in [1.82, 2.24) is 14.5 Å². The van der Waals surface area contributed by atoms with Gasteiger partial charge < -0.3 is 15.0 Å². The fourth-order valence-electron chi connectivity index (χ4n) is 3.75. The summed E-state index contributed by atoms with van der Waals surface area (Å²) in [6, 6.07) is 5.12. The van der Waals surface area contributed by atoms with Crippen molar-refractivity contribution in [3.63, 3.8) is 0 Å². The quantitative estimate of drug-likeness (QED) is 0.867. The predicted molar refractivity (Wildman–Crippen MR) is 97.0 cm³/mol. The van der Waals surface area contributed by atoms with E-state index in [9.17, 15) is 18.4 Å². The van der Waals surface area contributed by atoms with Crippen molar-refractivity contribution in [2.45, 2.75) is 38.5 Å². The Labute approximate surface area is 159 Å². The van der Waals surface area contributed by atoms with Gasteiger partial charge in [0.25, 0.3) is 0 Å². The van der Waals surface area contributed by atoms with Gasteiger partial charge in [0.1, 0.15) is 12.4 Å². The van der Waals surface area contributed by atoms with E-state index in [1.54, 1.807) is 22.5 Å². The minimum absolute atomic E-state index is 0.0359. The Morgan fingerprint density at radius 3 is 2.68 bits per heavy atom. The number of fused-ring (bicyclic) bond motifs is 1. The number of likely N-dealkylation sites (tertiary alicyclic amines) is 1. The molecule has 0 unspecified atom stereocenters. The number of hydrogen-bond donors (Lipinski definition) is 1. The molecule has 1 amide bonds. The Morgan fingerprint density at radius 2 is 2.00 bits per heavy atom. The lowest BCUT2D eigenvalue weighted by atomic mass is 9.88. The molecule has 3 heterocycles. The number of hydrogen-bond acceptors (Lipinski definition) is 5. The van der Waals surface area contributed by atoms with Crippen LogP contribution in [-0.4, -0.2) is 39.0 Å². The Kier molecular flexibility index (Phi) is 4.52. The molecule has 1 aromatic heterocycles. The molecule has 0 aliphatic carbocycles. The number of piperidine rings is 1. The van der Waals surface area contributed by atoms with Gasteiger partial charge in [0, 0.05) is 26.1 Å². The van der Waals surface area contributed by atoms with Gasteiger partial charge in [-0.25, -0.2) is 13.6 Å². The van der Waals surface area contributed by atoms with Crippen LogP contribution in [0.15, 0.2) is 29.1 Å². The Bertz CT molecular complexity index is 984. The lowest BCUT2D eigenvalue weighted by Gasteiger charge is -2.38. The van der Waals surface area contributed by atoms with Crippen LogP contribution in [0.5, 0.6) is 5.88 Å². The van der Waals surface area contributed by atoms with Crippen molar-refractivity contribution in [2.75, 3.05) is 18.4 Å². The molecule has 0 bridgehead atoms. The zero-order valence-electron chi connectivity index (χ0n) is 15.4. The molecule has 2 aliphatic rings. The van der Waals surface area contributed by atoms with Crippen LogP contribution in [0.2, 0.25) is 0 Å². The molecule has 1 spiro atoms. The molecule has 2 aromatic rings. The van der Waals surface area contributed by atoms with Crippen LogP contribution in [0, 0.1) is 11.6 Å². The fraction of sp³-hybridized carbons (Fsp3) is 0.421. The Hall–Kier alpha value is -2.97. The van der Waals surface area contributed by atoms with Crippen LogP contribution < -0.4 is 15.7 Å². The summed E-state index contributed by atoms with van der Waals surface area (Å²) in [6.07, 6.45) is 1.47. The molecule has 1 N–H and O–H groups in total. The molecule has 2 aliphatic heterocycles. The molecule has 1 fully saturated rings. The molecule has 148 valence electrons. The number of benzene rings is 1. The molecule has 0 radical (unpaired) electrons. The van der Waals surface area contributed by atoms with Gasteiger partial charge in [0.15, 0.2) is 11.6 Å². The number of carbonyl (C=O) groups is 1. The lowest BCUT2D eigenvalue weighted by Crippen LogP contribution is -2.50. The predicted octanol–water partition coefficient (Wildman–Crippen LogP) is 1.91. The van der Waals surface area contributed by atoms with Crippen LogP contribution in [0.1, 0.15) is 25.3 Å². The summed E-state index contributed by atoms with van der Waals surface area (Å²) < 4.78 is 33.4. The van der Waals surface area contributed by atoms with Gasteiger partial charge in [-0.05, 0) is 30.5 Å². The fourth-order valence-corrected chi connectivity index (χ4v) is 3.75. The second kappa shape index (κ2) is 6.88. The molecular weight excluding hydrogens is 370 g/mol. The highest BCUT2D eigenvalue weighted by molar-refractivity contribution is 5.73. The van der Waals surface area contributed by atoms with Gasteiger partial charge in [-0.1, -0.05) is 6.07 Å². The number of rotatable bonds is 3. The smallest absolute Gasteiger partial charge is 0.352 e. The summed E-state index contributed by atoms with van der Waals surface area (Å²) in [7, 11) is 0. The molecule has 1 saturated heterocycles. The van der Waals surface area contributed by atoms with Gasteiger partial charge in [0.05, 0.1) is 12.1 Å². The molecule has 1 aromatic carbocycles. The largest absolute Gasteiger partial charge is 0.473 e. The summed E-state index contributed by atoms with van der Waals surface area (Å²) in [4.78, 5) is 29.7. The number of ether oxygens (including phenoxy) is 1. The van der Waals surface area contributed by atoms with Crippen LogP contribution >= 0.6 is 0 Å². The van der Waals surface area contributed by atoms with E-state index in [1.807, 2.05) is 0 Å².